The van der Waals surface area contributed by atoms with E-state index in [2.05, 4.69) is 0 Å². The third-order valence-corrected chi connectivity index (χ3v) is 2.24. The maximum absolute atomic E-state index is 11.6. The van der Waals surface area contributed by atoms with Gasteiger partial charge in [-0.2, -0.15) is 0 Å². The molecule has 1 N–H and O–H groups in total. The van der Waals surface area contributed by atoms with Crippen LogP contribution in [0.2, 0.25) is 0 Å². The van der Waals surface area contributed by atoms with Gasteiger partial charge in [-0.15, -0.1) is 0 Å². The summed E-state index contributed by atoms with van der Waals surface area (Å²) < 4.78 is 9.61. The zero-order valence-electron chi connectivity index (χ0n) is 10.6. The number of hydrogen-bond donors (Lipinski definition) is 1. The van der Waals surface area contributed by atoms with Crippen molar-refractivity contribution in [2.75, 3.05) is 13.2 Å². The van der Waals surface area contributed by atoms with Gasteiger partial charge in [0.2, 0.25) is 0 Å². The summed E-state index contributed by atoms with van der Waals surface area (Å²) >= 11 is 0. The number of rotatable bonds is 4. The number of aromatic hydroxyl groups is 1. The monoisotopic (exact) mass is 252 g/mol. The van der Waals surface area contributed by atoms with E-state index in [1.807, 2.05) is 0 Å². The molecule has 0 bridgehead atoms. The number of aryl methyl sites for hydroxylation is 1. The average molecular weight is 252 g/mol. The molecule has 0 spiro atoms. The summed E-state index contributed by atoms with van der Waals surface area (Å²) in [5.74, 6) is -1.73. The van der Waals surface area contributed by atoms with Crippen LogP contribution < -0.4 is 0 Å². The van der Waals surface area contributed by atoms with Gasteiger partial charge in [-0.3, -0.25) is 0 Å². The fourth-order valence-electron chi connectivity index (χ4n) is 1.51. The van der Waals surface area contributed by atoms with Crippen LogP contribution >= 0.6 is 0 Å². The molecule has 0 aliphatic rings. The summed E-state index contributed by atoms with van der Waals surface area (Å²) in [6.45, 7) is 5.43. The van der Waals surface area contributed by atoms with Crippen LogP contribution in [-0.2, 0) is 9.47 Å². The smallest absolute Gasteiger partial charge is 0.341 e. The third-order valence-electron chi connectivity index (χ3n) is 2.24. The quantitative estimate of drug-likeness (QED) is 0.830. The van der Waals surface area contributed by atoms with Gasteiger partial charge >= 0.3 is 11.9 Å². The highest BCUT2D eigenvalue weighted by Crippen LogP contribution is 2.26. The first-order valence-electron chi connectivity index (χ1n) is 5.69. The van der Waals surface area contributed by atoms with E-state index in [0.717, 1.165) is 0 Å². The summed E-state index contributed by atoms with van der Waals surface area (Å²) in [5.41, 5.74) is 0.610. The van der Waals surface area contributed by atoms with Crippen molar-refractivity contribution in [3.8, 4) is 5.75 Å². The van der Waals surface area contributed by atoms with E-state index < -0.39 is 17.7 Å². The fourth-order valence-corrected chi connectivity index (χ4v) is 1.51. The van der Waals surface area contributed by atoms with Crippen LogP contribution in [0, 0.1) is 6.92 Å². The van der Waals surface area contributed by atoms with Crippen LogP contribution in [0.5, 0.6) is 5.75 Å². The van der Waals surface area contributed by atoms with Crippen LogP contribution in [0.15, 0.2) is 12.1 Å². The molecule has 0 saturated heterocycles. The molecule has 0 saturated carbocycles. The van der Waals surface area contributed by atoms with Crippen molar-refractivity contribution in [2.24, 2.45) is 0 Å². The van der Waals surface area contributed by atoms with Gasteiger partial charge in [0.15, 0.2) is 0 Å². The minimum atomic E-state index is -0.663. The van der Waals surface area contributed by atoms with Crippen molar-refractivity contribution in [3.63, 3.8) is 0 Å². The Labute approximate surface area is 105 Å². The lowest BCUT2D eigenvalue weighted by atomic mass is 10.0. The molecule has 1 rings (SSSR count). The molecule has 0 fully saturated rings. The Kier molecular flexibility index (Phi) is 4.71. The number of benzene rings is 1. The molecule has 0 radical (unpaired) electrons. The number of carbonyl (C=O) groups is 2. The molecular formula is C13H16O5. The van der Waals surface area contributed by atoms with Crippen LogP contribution in [-0.4, -0.2) is 30.3 Å². The van der Waals surface area contributed by atoms with Crippen molar-refractivity contribution in [1.82, 2.24) is 0 Å². The lowest BCUT2D eigenvalue weighted by Gasteiger charge is -2.10. The summed E-state index contributed by atoms with van der Waals surface area (Å²) in [5, 5.41) is 9.91. The van der Waals surface area contributed by atoms with Gasteiger partial charge < -0.3 is 14.6 Å². The third kappa shape index (κ3) is 3.00. The van der Waals surface area contributed by atoms with Crippen molar-refractivity contribution >= 4 is 11.9 Å². The second-order valence-electron chi connectivity index (χ2n) is 3.65. The zero-order chi connectivity index (χ0) is 13.7. The van der Waals surface area contributed by atoms with E-state index in [0.29, 0.717) is 5.56 Å². The Hall–Kier alpha value is -2.04. The highest BCUT2D eigenvalue weighted by molar-refractivity contribution is 6.00. The van der Waals surface area contributed by atoms with Gasteiger partial charge in [0.25, 0.3) is 0 Å². The van der Waals surface area contributed by atoms with Gasteiger partial charge in [-0.25, -0.2) is 9.59 Å². The molecular weight excluding hydrogens is 236 g/mol. The molecule has 0 atom stereocenters. The maximum atomic E-state index is 11.6. The molecule has 0 aliphatic carbocycles. The molecule has 5 nitrogen and oxygen atoms in total. The molecule has 0 heterocycles. The lowest BCUT2D eigenvalue weighted by Crippen LogP contribution is -2.10. The van der Waals surface area contributed by atoms with Crippen molar-refractivity contribution in [2.45, 2.75) is 20.8 Å². The predicted octanol–water partition coefficient (Wildman–Crippen LogP) is 2.05. The Balaban J connectivity index is 3.22. The first-order valence-corrected chi connectivity index (χ1v) is 5.69. The van der Waals surface area contributed by atoms with Crippen LogP contribution in [0.4, 0.5) is 0 Å². The van der Waals surface area contributed by atoms with E-state index in [9.17, 15) is 14.7 Å². The fraction of sp³-hybridized carbons (Fsp3) is 0.385. The normalized spacial score (nSPS) is 9.94. The second kappa shape index (κ2) is 6.05. The van der Waals surface area contributed by atoms with Crippen molar-refractivity contribution < 1.29 is 24.2 Å². The molecule has 1 aromatic rings. The minimum Gasteiger partial charge on any atom is -0.506 e. The van der Waals surface area contributed by atoms with Crippen LogP contribution in [0.1, 0.15) is 40.1 Å². The summed E-state index contributed by atoms with van der Waals surface area (Å²) in [7, 11) is 0. The van der Waals surface area contributed by atoms with E-state index >= 15 is 0 Å². The average Bonchev–Trinajstić information content (AvgIpc) is 2.32. The first-order chi connectivity index (χ1) is 8.51. The van der Waals surface area contributed by atoms with Gasteiger partial charge in [0, 0.05) is 0 Å². The highest BCUT2D eigenvalue weighted by atomic mass is 16.5. The molecule has 0 aliphatic heterocycles. The van der Waals surface area contributed by atoms with Gasteiger partial charge in [0.05, 0.1) is 13.2 Å². The Morgan fingerprint density at radius 3 is 1.78 bits per heavy atom. The number of ether oxygens (including phenoxy) is 2. The van der Waals surface area contributed by atoms with E-state index in [1.54, 1.807) is 20.8 Å². The topological polar surface area (TPSA) is 72.8 Å². The number of hydrogen-bond acceptors (Lipinski definition) is 5. The van der Waals surface area contributed by atoms with Crippen molar-refractivity contribution in [1.29, 1.82) is 0 Å². The van der Waals surface area contributed by atoms with E-state index in [-0.39, 0.29) is 24.3 Å². The molecule has 18 heavy (non-hydrogen) atoms. The number of phenols is 1. The SMILES string of the molecule is CCOC(=O)c1cc(C)cc(C(=O)OCC)c1O. The number of phenolic OH excluding ortho intramolecular Hbond substituents is 1. The number of carbonyl (C=O) groups excluding carboxylic acids is 2. The van der Waals surface area contributed by atoms with E-state index in [1.165, 1.54) is 12.1 Å². The number of esters is 2. The summed E-state index contributed by atoms with van der Waals surface area (Å²) in [4.78, 5) is 23.2. The molecule has 1 aromatic carbocycles. The summed E-state index contributed by atoms with van der Waals surface area (Å²) in [6, 6.07) is 2.94. The van der Waals surface area contributed by atoms with E-state index in [4.69, 9.17) is 9.47 Å². The molecule has 98 valence electrons. The first kappa shape index (κ1) is 14.0. The molecule has 5 heteroatoms. The maximum Gasteiger partial charge on any atom is 0.341 e. The van der Waals surface area contributed by atoms with Gasteiger partial charge in [0.1, 0.15) is 16.9 Å². The minimum absolute atomic E-state index is 0.0279. The zero-order valence-corrected chi connectivity index (χ0v) is 10.6. The Morgan fingerprint density at radius 1 is 1.06 bits per heavy atom. The largest absolute Gasteiger partial charge is 0.506 e. The van der Waals surface area contributed by atoms with Crippen molar-refractivity contribution in [3.05, 3.63) is 28.8 Å². The predicted molar refractivity (Wildman–Crippen MR) is 64.8 cm³/mol. The van der Waals surface area contributed by atoms with Crippen LogP contribution in [0.3, 0.4) is 0 Å². The van der Waals surface area contributed by atoms with Gasteiger partial charge in [-0.1, -0.05) is 0 Å². The van der Waals surface area contributed by atoms with Crippen LogP contribution in [0.25, 0.3) is 0 Å². The highest BCUT2D eigenvalue weighted by Gasteiger charge is 2.21. The molecule has 0 unspecified atom stereocenters. The Bertz CT molecular complexity index is 425. The Morgan fingerprint density at radius 2 is 1.44 bits per heavy atom. The lowest BCUT2D eigenvalue weighted by molar-refractivity contribution is 0.0518. The van der Waals surface area contributed by atoms with Gasteiger partial charge in [-0.05, 0) is 38.5 Å². The second-order valence-corrected chi connectivity index (χ2v) is 3.65. The molecule has 0 amide bonds. The molecule has 0 aromatic heterocycles. The standard InChI is InChI=1S/C13H16O5/c1-4-17-12(15)9-6-8(3)7-10(11(9)14)13(16)18-5-2/h6-7,14H,4-5H2,1-3H3. The summed E-state index contributed by atoms with van der Waals surface area (Å²) in [6.07, 6.45) is 0.